The molecule has 0 radical (unpaired) electrons. The van der Waals surface area contributed by atoms with Gasteiger partial charge in [0.2, 0.25) is 5.91 Å². The molecular weight excluding hydrogens is 226 g/mol. The quantitative estimate of drug-likeness (QED) is 0.462. The van der Waals surface area contributed by atoms with Gasteiger partial charge in [-0.1, -0.05) is 5.92 Å². The van der Waals surface area contributed by atoms with E-state index in [0.29, 0.717) is 0 Å². The number of carboxylic acids is 1. The van der Waals surface area contributed by atoms with Crippen molar-refractivity contribution in [3.63, 3.8) is 0 Å². The maximum absolute atomic E-state index is 11.4. The standard InChI is InChI=1S/C10H15N3O4/c1-4-10(2,3)13-9(17)12-6(8(15)16)5-7(11)14/h1,6H,5H2,2-3H3,(H2,11,14)(H,15,16)(H2,12,13,17). The van der Waals surface area contributed by atoms with Crippen molar-refractivity contribution < 1.29 is 19.5 Å². The van der Waals surface area contributed by atoms with Crippen LogP contribution in [0.25, 0.3) is 0 Å². The molecule has 0 aromatic heterocycles. The maximum Gasteiger partial charge on any atom is 0.326 e. The average molecular weight is 241 g/mol. The second-order valence-electron chi connectivity index (χ2n) is 3.93. The molecule has 0 rings (SSSR count). The molecule has 1 atom stereocenters. The third-order valence-electron chi connectivity index (χ3n) is 1.80. The Morgan fingerprint density at radius 2 is 2.00 bits per heavy atom. The molecule has 0 fully saturated rings. The van der Waals surface area contributed by atoms with Crippen molar-refractivity contribution in [2.24, 2.45) is 5.73 Å². The third kappa shape index (κ3) is 6.04. The summed E-state index contributed by atoms with van der Waals surface area (Å²) in [6.45, 7) is 3.13. The van der Waals surface area contributed by atoms with Gasteiger partial charge in [-0.2, -0.15) is 0 Å². The number of hydrogen-bond acceptors (Lipinski definition) is 3. The molecule has 0 bridgehead atoms. The zero-order valence-corrected chi connectivity index (χ0v) is 9.61. The number of nitrogens with two attached hydrogens (primary N) is 1. The number of aliphatic carboxylic acids is 1. The molecule has 0 aromatic carbocycles. The molecule has 0 aliphatic rings. The van der Waals surface area contributed by atoms with Crippen LogP contribution in [0.15, 0.2) is 0 Å². The van der Waals surface area contributed by atoms with E-state index in [1.807, 2.05) is 0 Å². The minimum Gasteiger partial charge on any atom is -0.480 e. The summed E-state index contributed by atoms with van der Waals surface area (Å²) in [5.74, 6) is 0.130. The predicted octanol–water partition coefficient (Wildman–Crippen LogP) is -0.974. The molecule has 94 valence electrons. The number of terminal acetylenes is 1. The van der Waals surface area contributed by atoms with Crippen LogP contribution in [0.2, 0.25) is 0 Å². The van der Waals surface area contributed by atoms with Crippen LogP contribution in [0.5, 0.6) is 0 Å². The molecule has 0 spiro atoms. The first-order chi connectivity index (χ1) is 7.68. The summed E-state index contributed by atoms with van der Waals surface area (Å²) in [6, 6.07) is -2.15. The highest BCUT2D eigenvalue weighted by Gasteiger charge is 2.24. The Kier molecular flexibility index (Phi) is 4.99. The summed E-state index contributed by atoms with van der Waals surface area (Å²) < 4.78 is 0. The Morgan fingerprint density at radius 1 is 1.47 bits per heavy atom. The lowest BCUT2D eigenvalue weighted by molar-refractivity contribution is -0.140. The van der Waals surface area contributed by atoms with Gasteiger partial charge in [-0.15, -0.1) is 6.42 Å². The highest BCUT2D eigenvalue weighted by molar-refractivity contribution is 5.87. The lowest BCUT2D eigenvalue weighted by atomic mass is 10.1. The smallest absolute Gasteiger partial charge is 0.326 e. The molecule has 1 unspecified atom stereocenters. The first-order valence-corrected chi connectivity index (χ1v) is 4.75. The Labute approximate surface area is 98.7 Å². The lowest BCUT2D eigenvalue weighted by Crippen LogP contribution is -2.53. The van der Waals surface area contributed by atoms with Gasteiger partial charge in [-0.3, -0.25) is 4.79 Å². The van der Waals surface area contributed by atoms with Crippen molar-refractivity contribution in [1.29, 1.82) is 0 Å². The van der Waals surface area contributed by atoms with E-state index in [4.69, 9.17) is 17.3 Å². The molecule has 0 aromatic rings. The number of carbonyl (C=O) groups is 3. The molecule has 7 nitrogen and oxygen atoms in total. The first kappa shape index (κ1) is 14.8. The van der Waals surface area contributed by atoms with Crippen molar-refractivity contribution in [3.8, 4) is 12.3 Å². The highest BCUT2D eigenvalue weighted by atomic mass is 16.4. The molecule has 0 heterocycles. The van der Waals surface area contributed by atoms with Crippen LogP contribution in [-0.4, -0.2) is 34.6 Å². The lowest BCUT2D eigenvalue weighted by Gasteiger charge is -2.21. The van der Waals surface area contributed by atoms with Gasteiger partial charge in [-0.05, 0) is 13.8 Å². The van der Waals surface area contributed by atoms with Crippen molar-refractivity contribution >= 4 is 17.9 Å². The van der Waals surface area contributed by atoms with Gasteiger partial charge in [0.25, 0.3) is 0 Å². The van der Waals surface area contributed by atoms with E-state index in [-0.39, 0.29) is 0 Å². The summed E-state index contributed by atoms with van der Waals surface area (Å²) in [6.07, 6.45) is 4.66. The summed E-state index contributed by atoms with van der Waals surface area (Å²) in [5, 5.41) is 13.2. The van der Waals surface area contributed by atoms with Crippen LogP contribution in [0.3, 0.4) is 0 Å². The number of primary amides is 1. The van der Waals surface area contributed by atoms with E-state index in [1.54, 1.807) is 13.8 Å². The normalized spacial score (nSPS) is 12.1. The first-order valence-electron chi connectivity index (χ1n) is 4.75. The van der Waals surface area contributed by atoms with E-state index in [9.17, 15) is 14.4 Å². The monoisotopic (exact) mass is 241 g/mol. The summed E-state index contributed by atoms with van der Waals surface area (Å²) >= 11 is 0. The minimum atomic E-state index is -1.37. The summed E-state index contributed by atoms with van der Waals surface area (Å²) in [5.41, 5.74) is 3.94. The molecule has 17 heavy (non-hydrogen) atoms. The average Bonchev–Trinajstić information content (AvgIpc) is 2.15. The van der Waals surface area contributed by atoms with Gasteiger partial charge in [0.05, 0.1) is 12.0 Å². The van der Waals surface area contributed by atoms with Crippen LogP contribution >= 0.6 is 0 Å². The van der Waals surface area contributed by atoms with Crippen molar-refractivity contribution in [3.05, 3.63) is 0 Å². The van der Waals surface area contributed by atoms with Gasteiger partial charge in [0.1, 0.15) is 6.04 Å². The van der Waals surface area contributed by atoms with Crippen LogP contribution in [-0.2, 0) is 9.59 Å². The maximum atomic E-state index is 11.4. The number of carbonyl (C=O) groups excluding carboxylic acids is 2. The zero-order chi connectivity index (χ0) is 13.6. The largest absolute Gasteiger partial charge is 0.480 e. The van der Waals surface area contributed by atoms with E-state index in [0.717, 1.165) is 0 Å². The Bertz CT molecular complexity index is 370. The predicted molar refractivity (Wildman–Crippen MR) is 59.8 cm³/mol. The van der Waals surface area contributed by atoms with Gasteiger partial charge in [0, 0.05) is 0 Å². The number of carboxylic acid groups (broad SMARTS) is 1. The minimum absolute atomic E-state index is 0.487. The SMILES string of the molecule is C#CC(C)(C)NC(=O)NC(CC(N)=O)C(=O)O. The van der Waals surface area contributed by atoms with E-state index < -0.39 is 35.9 Å². The van der Waals surface area contributed by atoms with Crippen LogP contribution < -0.4 is 16.4 Å². The molecule has 0 saturated heterocycles. The Hall–Kier alpha value is -2.23. The van der Waals surface area contributed by atoms with Crippen LogP contribution in [0, 0.1) is 12.3 Å². The number of urea groups is 1. The number of hydrogen-bond donors (Lipinski definition) is 4. The Balaban J connectivity index is 4.48. The van der Waals surface area contributed by atoms with E-state index in [2.05, 4.69) is 16.6 Å². The second kappa shape index (κ2) is 5.75. The van der Waals surface area contributed by atoms with Gasteiger partial charge >= 0.3 is 12.0 Å². The van der Waals surface area contributed by atoms with Crippen molar-refractivity contribution in [2.45, 2.75) is 31.8 Å². The summed E-state index contributed by atoms with van der Waals surface area (Å²) in [4.78, 5) is 32.7. The van der Waals surface area contributed by atoms with E-state index in [1.165, 1.54) is 0 Å². The van der Waals surface area contributed by atoms with E-state index >= 15 is 0 Å². The highest BCUT2D eigenvalue weighted by Crippen LogP contribution is 1.99. The van der Waals surface area contributed by atoms with Gasteiger partial charge < -0.3 is 21.5 Å². The molecule has 0 saturated carbocycles. The molecule has 7 heteroatoms. The fourth-order valence-electron chi connectivity index (χ4n) is 0.916. The van der Waals surface area contributed by atoms with Gasteiger partial charge in [-0.25, -0.2) is 9.59 Å². The molecule has 5 N–H and O–H groups in total. The fraction of sp³-hybridized carbons (Fsp3) is 0.500. The fourth-order valence-corrected chi connectivity index (χ4v) is 0.916. The van der Waals surface area contributed by atoms with Crippen molar-refractivity contribution in [1.82, 2.24) is 10.6 Å². The molecule has 0 aliphatic heterocycles. The zero-order valence-electron chi connectivity index (χ0n) is 9.61. The number of amides is 3. The van der Waals surface area contributed by atoms with Crippen LogP contribution in [0.1, 0.15) is 20.3 Å². The Morgan fingerprint density at radius 3 is 2.35 bits per heavy atom. The van der Waals surface area contributed by atoms with Crippen molar-refractivity contribution in [2.75, 3.05) is 0 Å². The number of nitrogens with one attached hydrogen (secondary N) is 2. The molecular formula is C10H15N3O4. The topological polar surface area (TPSA) is 122 Å². The third-order valence-corrected chi connectivity index (χ3v) is 1.80. The van der Waals surface area contributed by atoms with Crippen LogP contribution in [0.4, 0.5) is 4.79 Å². The number of rotatable bonds is 5. The molecule has 0 aliphatic carbocycles. The summed E-state index contributed by atoms with van der Waals surface area (Å²) in [7, 11) is 0. The second-order valence-corrected chi connectivity index (χ2v) is 3.93. The van der Waals surface area contributed by atoms with Gasteiger partial charge in [0.15, 0.2) is 0 Å². The molecule has 3 amide bonds.